The van der Waals surface area contributed by atoms with Crippen molar-refractivity contribution in [2.75, 3.05) is 6.67 Å². The lowest BCUT2D eigenvalue weighted by Gasteiger charge is -2.15. The van der Waals surface area contributed by atoms with E-state index < -0.39 is 24.6 Å². The van der Waals surface area contributed by atoms with Gasteiger partial charge in [0.25, 0.3) is 0 Å². The molecule has 50 heavy (non-hydrogen) atoms. The molecule has 6 nitrogen and oxygen atoms in total. The lowest BCUT2D eigenvalue weighted by atomic mass is 9.94. The average molecular weight is 669 g/mol. The van der Waals surface area contributed by atoms with Crippen LogP contribution in [0.3, 0.4) is 0 Å². The lowest BCUT2D eigenvalue weighted by molar-refractivity contribution is -0.130. The van der Waals surface area contributed by atoms with Gasteiger partial charge in [0.1, 0.15) is 17.2 Å². The second kappa shape index (κ2) is 17.2. The molecular formula is C43H37FO6. The quantitative estimate of drug-likeness (QED) is 0.0492. The van der Waals surface area contributed by atoms with Gasteiger partial charge in [-0.2, -0.15) is 0 Å². The Morgan fingerprint density at radius 1 is 0.660 bits per heavy atom. The third-order valence-electron chi connectivity index (χ3n) is 7.22. The molecule has 0 unspecified atom stereocenters. The number of carbonyl (C=O) groups is 3. The van der Waals surface area contributed by atoms with Crippen molar-refractivity contribution < 1.29 is 33.0 Å². The first kappa shape index (κ1) is 36.6. The Kier molecular flexibility index (Phi) is 12.6. The van der Waals surface area contributed by atoms with E-state index in [0.29, 0.717) is 57.9 Å². The summed E-state index contributed by atoms with van der Waals surface area (Å²) in [6.45, 7) is 15.1. The molecule has 4 rings (SSSR count). The van der Waals surface area contributed by atoms with E-state index in [1.54, 1.807) is 63.2 Å². The molecule has 4 aromatic carbocycles. The second-order valence-electron chi connectivity index (χ2n) is 11.6. The van der Waals surface area contributed by atoms with Gasteiger partial charge in [-0.25, -0.2) is 14.4 Å². The highest BCUT2D eigenvalue weighted by Crippen LogP contribution is 2.35. The van der Waals surface area contributed by atoms with E-state index in [4.69, 9.17) is 14.2 Å². The number of carbonyl (C=O) groups excluding carboxylic acids is 3. The van der Waals surface area contributed by atoms with E-state index in [2.05, 4.69) is 31.6 Å². The number of rotatable bonds is 12. The number of ether oxygens (including phenoxy) is 3. The number of halogens is 1. The van der Waals surface area contributed by atoms with Crippen molar-refractivity contribution in [3.63, 3.8) is 0 Å². The third kappa shape index (κ3) is 10.4. The van der Waals surface area contributed by atoms with Crippen LogP contribution in [0.5, 0.6) is 17.2 Å². The number of hydrogen-bond acceptors (Lipinski definition) is 6. The molecule has 252 valence electrons. The molecule has 0 radical (unpaired) electrons. The predicted molar refractivity (Wildman–Crippen MR) is 195 cm³/mol. The molecule has 0 fully saturated rings. The molecule has 0 aliphatic carbocycles. The number of benzene rings is 4. The zero-order valence-electron chi connectivity index (χ0n) is 28.3. The van der Waals surface area contributed by atoms with Crippen LogP contribution in [0.4, 0.5) is 4.39 Å². The zero-order valence-corrected chi connectivity index (χ0v) is 28.3. The van der Waals surface area contributed by atoms with Gasteiger partial charge < -0.3 is 14.2 Å². The fraction of sp³-hybridized carbons (Fsp3) is 0.140. The third-order valence-corrected chi connectivity index (χ3v) is 7.22. The predicted octanol–water partition coefficient (Wildman–Crippen LogP) is 9.27. The second-order valence-corrected chi connectivity index (χ2v) is 11.6. The summed E-state index contributed by atoms with van der Waals surface area (Å²) in [5.74, 6) is 5.77. The molecular weight excluding hydrogens is 631 g/mol. The van der Waals surface area contributed by atoms with E-state index >= 15 is 0 Å². The van der Waals surface area contributed by atoms with Crippen LogP contribution in [0.15, 0.2) is 121 Å². The van der Waals surface area contributed by atoms with Gasteiger partial charge in [-0.3, -0.25) is 4.39 Å². The van der Waals surface area contributed by atoms with Crippen LogP contribution in [-0.4, -0.2) is 24.6 Å². The summed E-state index contributed by atoms with van der Waals surface area (Å²) in [7, 11) is 0. The van der Waals surface area contributed by atoms with Gasteiger partial charge in [-0.1, -0.05) is 80.1 Å². The average Bonchev–Trinajstić information content (AvgIpc) is 3.10. The maximum atomic E-state index is 13.4. The molecule has 0 aliphatic heterocycles. The summed E-state index contributed by atoms with van der Waals surface area (Å²) in [5, 5.41) is 0. The normalized spacial score (nSPS) is 10.5. The molecule has 0 amide bonds. The maximum absolute atomic E-state index is 13.4. The Morgan fingerprint density at radius 2 is 1.14 bits per heavy atom. The molecule has 0 saturated heterocycles. The monoisotopic (exact) mass is 668 g/mol. The number of hydrogen-bond donors (Lipinski definition) is 0. The van der Waals surface area contributed by atoms with Crippen molar-refractivity contribution >= 4 is 30.1 Å². The fourth-order valence-corrected chi connectivity index (χ4v) is 4.45. The highest BCUT2D eigenvalue weighted by molar-refractivity contribution is 5.91. The zero-order chi connectivity index (χ0) is 36.2. The Bertz CT molecular complexity index is 2020. The van der Waals surface area contributed by atoms with E-state index in [0.717, 1.165) is 22.3 Å². The maximum Gasteiger partial charge on any atom is 0.338 e. The van der Waals surface area contributed by atoms with Gasteiger partial charge in [0.2, 0.25) is 0 Å². The summed E-state index contributed by atoms with van der Waals surface area (Å²) in [6, 6.07) is 25.1. The highest BCUT2D eigenvalue weighted by Gasteiger charge is 2.16. The molecule has 4 aromatic rings. The molecule has 0 heterocycles. The van der Waals surface area contributed by atoms with Crippen LogP contribution in [0.1, 0.15) is 55.0 Å². The Balaban J connectivity index is 1.63. The van der Waals surface area contributed by atoms with Gasteiger partial charge >= 0.3 is 17.9 Å². The summed E-state index contributed by atoms with van der Waals surface area (Å²) >= 11 is 0. The number of aryl methyl sites for hydroxylation is 1. The summed E-state index contributed by atoms with van der Waals surface area (Å²) in [4.78, 5) is 36.3. The smallest absolute Gasteiger partial charge is 0.338 e. The minimum absolute atomic E-state index is 0.236. The minimum atomic E-state index is -0.582. The van der Waals surface area contributed by atoms with E-state index in [9.17, 15) is 18.8 Å². The first-order valence-electron chi connectivity index (χ1n) is 15.8. The van der Waals surface area contributed by atoms with Gasteiger partial charge in [-0.05, 0) is 104 Å². The summed E-state index contributed by atoms with van der Waals surface area (Å²) in [5.41, 5.74) is 6.17. The summed E-state index contributed by atoms with van der Waals surface area (Å²) < 4.78 is 29.6. The van der Waals surface area contributed by atoms with E-state index in [1.165, 1.54) is 0 Å². The van der Waals surface area contributed by atoms with Crippen molar-refractivity contribution in [2.45, 2.75) is 33.6 Å². The molecule has 0 saturated carbocycles. The molecule has 0 spiro atoms. The molecule has 0 bridgehead atoms. The highest BCUT2D eigenvalue weighted by atomic mass is 19.1. The van der Waals surface area contributed by atoms with Crippen LogP contribution < -0.4 is 14.2 Å². The van der Waals surface area contributed by atoms with E-state index in [1.807, 2.05) is 54.6 Å². The SMILES string of the molecule is C=C(C)C(=O)Oc1ccc(C#Cc2cc(OC(=O)C(=C)C)c(-c3ccc(C=Cc4ccc(OC(=O)C(=C)C)cc4)cc3)cc2CCCF)cc1. The van der Waals surface area contributed by atoms with Crippen LogP contribution in [0.25, 0.3) is 23.3 Å². The summed E-state index contributed by atoms with van der Waals surface area (Å²) in [6.07, 6.45) is 4.60. The standard InChI is InChI=1S/C43H37FO6/c1-28(2)41(45)48-37-21-14-32(15-22-37)10-9-31-11-18-34(19-12-31)39-26-35(8-7-25-44)36(27-40(39)50-43(47)30(5)6)20-13-33-16-23-38(24-17-33)49-42(46)29(3)4/h9-12,14-19,21-24,26-27H,1,3,5,7-8,25H2,2,4,6H3. The molecule has 0 N–H and O–H groups in total. The van der Waals surface area contributed by atoms with Gasteiger partial charge in [0, 0.05) is 33.4 Å². The van der Waals surface area contributed by atoms with Crippen molar-refractivity contribution in [3.05, 3.63) is 149 Å². The first-order valence-corrected chi connectivity index (χ1v) is 15.8. The Hall–Kier alpha value is -6.26. The molecule has 0 aromatic heterocycles. The van der Waals surface area contributed by atoms with Crippen molar-refractivity contribution in [1.29, 1.82) is 0 Å². The van der Waals surface area contributed by atoms with Crippen molar-refractivity contribution in [3.8, 4) is 40.2 Å². The lowest BCUT2D eigenvalue weighted by Crippen LogP contribution is -2.10. The fourth-order valence-electron chi connectivity index (χ4n) is 4.45. The van der Waals surface area contributed by atoms with Gasteiger partial charge in [0.15, 0.2) is 0 Å². The van der Waals surface area contributed by atoms with Crippen LogP contribution in [0, 0.1) is 11.8 Å². The Morgan fingerprint density at radius 3 is 1.64 bits per heavy atom. The molecule has 7 heteroatoms. The van der Waals surface area contributed by atoms with Gasteiger partial charge in [-0.15, -0.1) is 0 Å². The Labute approximate surface area is 292 Å². The molecule has 0 aliphatic rings. The van der Waals surface area contributed by atoms with Crippen molar-refractivity contribution in [1.82, 2.24) is 0 Å². The van der Waals surface area contributed by atoms with Crippen LogP contribution in [-0.2, 0) is 20.8 Å². The van der Waals surface area contributed by atoms with Gasteiger partial charge in [0.05, 0.1) is 6.67 Å². The largest absolute Gasteiger partial charge is 0.423 e. The van der Waals surface area contributed by atoms with E-state index in [-0.39, 0.29) is 5.57 Å². The van der Waals surface area contributed by atoms with Crippen LogP contribution in [0.2, 0.25) is 0 Å². The molecule has 0 atom stereocenters. The number of esters is 3. The first-order chi connectivity index (χ1) is 23.9. The minimum Gasteiger partial charge on any atom is -0.423 e. The van der Waals surface area contributed by atoms with Crippen molar-refractivity contribution in [2.24, 2.45) is 0 Å². The number of alkyl halides is 1. The van der Waals surface area contributed by atoms with Crippen LogP contribution >= 0.6 is 0 Å². The topological polar surface area (TPSA) is 78.9 Å².